The third kappa shape index (κ3) is 3.65. The molecule has 21 heavy (non-hydrogen) atoms. The highest BCUT2D eigenvalue weighted by molar-refractivity contribution is 6.39. The van der Waals surface area contributed by atoms with Gasteiger partial charge in [-0.15, -0.1) is 0 Å². The van der Waals surface area contributed by atoms with Crippen LogP contribution in [-0.2, 0) is 6.54 Å². The lowest BCUT2D eigenvalue weighted by Crippen LogP contribution is -2.03. The van der Waals surface area contributed by atoms with Gasteiger partial charge in [0.1, 0.15) is 11.5 Å². The number of nitrogens with one attached hydrogen (secondary N) is 1. The first kappa shape index (κ1) is 15.6. The molecule has 0 spiro atoms. The zero-order valence-corrected chi connectivity index (χ0v) is 13.3. The first-order valence-electron chi connectivity index (χ1n) is 6.24. The number of rotatable bonds is 5. The van der Waals surface area contributed by atoms with Crippen LogP contribution < -0.4 is 20.5 Å². The number of hydrogen-bond donors (Lipinski definition) is 2. The van der Waals surface area contributed by atoms with E-state index >= 15 is 0 Å². The molecule has 2 aromatic rings. The average molecular weight is 327 g/mol. The van der Waals surface area contributed by atoms with E-state index in [9.17, 15) is 0 Å². The van der Waals surface area contributed by atoms with Gasteiger partial charge >= 0.3 is 0 Å². The molecular weight excluding hydrogens is 311 g/mol. The summed E-state index contributed by atoms with van der Waals surface area (Å²) in [6, 6.07) is 8.92. The van der Waals surface area contributed by atoms with Crippen molar-refractivity contribution in [1.82, 2.24) is 0 Å². The molecule has 2 aromatic carbocycles. The van der Waals surface area contributed by atoms with Crippen molar-refractivity contribution in [2.24, 2.45) is 0 Å². The quantitative estimate of drug-likeness (QED) is 0.808. The maximum absolute atomic E-state index is 6.14. The molecular formula is C15H16Cl2N2O2. The lowest BCUT2D eigenvalue weighted by Gasteiger charge is -2.14. The SMILES string of the molecule is COc1ccc(CNc2c(Cl)cc(N)cc2Cl)c(OC)c1. The van der Waals surface area contributed by atoms with Crippen LogP contribution in [-0.4, -0.2) is 14.2 Å². The Labute approximate surface area is 133 Å². The largest absolute Gasteiger partial charge is 0.497 e. The van der Waals surface area contributed by atoms with Crippen molar-refractivity contribution >= 4 is 34.6 Å². The maximum atomic E-state index is 6.14. The van der Waals surface area contributed by atoms with Crippen molar-refractivity contribution in [3.8, 4) is 11.5 Å². The molecule has 0 bridgehead atoms. The normalized spacial score (nSPS) is 10.3. The third-order valence-electron chi connectivity index (χ3n) is 3.01. The highest BCUT2D eigenvalue weighted by Gasteiger charge is 2.09. The van der Waals surface area contributed by atoms with Crippen LogP contribution >= 0.6 is 23.2 Å². The molecule has 0 heterocycles. The monoisotopic (exact) mass is 326 g/mol. The second kappa shape index (κ2) is 6.78. The molecule has 0 fully saturated rings. The summed E-state index contributed by atoms with van der Waals surface area (Å²) in [5.41, 5.74) is 7.81. The number of nitrogen functional groups attached to an aromatic ring is 1. The Morgan fingerprint density at radius 3 is 2.29 bits per heavy atom. The first-order valence-corrected chi connectivity index (χ1v) is 7.00. The molecule has 4 nitrogen and oxygen atoms in total. The van der Waals surface area contributed by atoms with E-state index in [1.165, 1.54) is 0 Å². The molecule has 0 aliphatic rings. The summed E-state index contributed by atoms with van der Waals surface area (Å²) in [5.74, 6) is 1.46. The number of nitrogens with two attached hydrogens (primary N) is 1. The van der Waals surface area contributed by atoms with Gasteiger partial charge in [0.15, 0.2) is 0 Å². The Bertz CT molecular complexity index is 625. The number of anilines is 2. The van der Waals surface area contributed by atoms with Crippen LogP contribution in [0.3, 0.4) is 0 Å². The van der Waals surface area contributed by atoms with Crippen molar-refractivity contribution in [2.75, 3.05) is 25.3 Å². The van der Waals surface area contributed by atoms with Gasteiger partial charge < -0.3 is 20.5 Å². The predicted molar refractivity (Wildman–Crippen MR) is 87.7 cm³/mol. The van der Waals surface area contributed by atoms with Crippen LogP contribution in [0.1, 0.15) is 5.56 Å². The lowest BCUT2D eigenvalue weighted by atomic mass is 10.2. The molecule has 0 saturated heterocycles. The zero-order chi connectivity index (χ0) is 15.4. The highest BCUT2D eigenvalue weighted by atomic mass is 35.5. The smallest absolute Gasteiger partial charge is 0.127 e. The number of methoxy groups -OCH3 is 2. The number of ether oxygens (including phenoxy) is 2. The molecule has 0 aliphatic carbocycles. The fourth-order valence-electron chi connectivity index (χ4n) is 1.94. The highest BCUT2D eigenvalue weighted by Crippen LogP contribution is 2.34. The van der Waals surface area contributed by atoms with Crippen LogP contribution in [0.25, 0.3) is 0 Å². The van der Waals surface area contributed by atoms with Gasteiger partial charge in [-0.25, -0.2) is 0 Å². The van der Waals surface area contributed by atoms with Crippen molar-refractivity contribution in [2.45, 2.75) is 6.54 Å². The molecule has 0 atom stereocenters. The van der Waals surface area contributed by atoms with Crippen LogP contribution in [0.15, 0.2) is 30.3 Å². The van der Waals surface area contributed by atoms with Crippen LogP contribution in [0.2, 0.25) is 10.0 Å². The summed E-state index contributed by atoms with van der Waals surface area (Å²) >= 11 is 12.3. The topological polar surface area (TPSA) is 56.5 Å². The zero-order valence-electron chi connectivity index (χ0n) is 11.7. The first-order chi connectivity index (χ1) is 10.0. The van der Waals surface area contributed by atoms with Gasteiger partial charge in [0.05, 0.1) is 30.0 Å². The predicted octanol–water partition coefficient (Wildman–Crippen LogP) is 4.20. The van der Waals surface area contributed by atoms with E-state index in [-0.39, 0.29) is 0 Å². The minimum Gasteiger partial charge on any atom is -0.497 e. The fraction of sp³-hybridized carbons (Fsp3) is 0.200. The third-order valence-corrected chi connectivity index (χ3v) is 3.61. The summed E-state index contributed by atoms with van der Waals surface area (Å²) in [6.07, 6.45) is 0. The van der Waals surface area contributed by atoms with E-state index in [4.69, 9.17) is 38.4 Å². The van der Waals surface area contributed by atoms with E-state index < -0.39 is 0 Å². The van der Waals surface area contributed by atoms with Gasteiger partial charge in [-0.05, 0) is 24.3 Å². The molecule has 0 radical (unpaired) electrons. The van der Waals surface area contributed by atoms with Crippen molar-refractivity contribution in [3.63, 3.8) is 0 Å². The Morgan fingerprint density at radius 1 is 1.05 bits per heavy atom. The van der Waals surface area contributed by atoms with E-state index in [0.29, 0.717) is 28.0 Å². The maximum Gasteiger partial charge on any atom is 0.127 e. The summed E-state index contributed by atoms with van der Waals surface area (Å²) in [5, 5.41) is 4.15. The standard InChI is InChI=1S/C15H16Cl2N2O2/c1-20-11-4-3-9(14(7-11)21-2)8-19-15-12(16)5-10(18)6-13(15)17/h3-7,19H,8,18H2,1-2H3. The number of benzene rings is 2. The van der Waals surface area contributed by atoms with E-state index in [0.717, 1.165) is 17.1 Å². The molecule has 0 unspecified atom stereocenters. The van der Waals surface area contributed by atoms with E-state index in [1.807, 2.05) is 18.2 Å². The minimum atomic E-state index is 0.479. The molecule has 2 rings (SSSR count). The van der Waals surface area contributed by atoms with Gasteiger partial charge in [0, 0.05) is 23.9 Å². The Balaban J connectivity index is 2.20. The second-order valence-electron chi connectivity index (χ2n) is 4.39. The molecule has 6 heteroatoms. The van der Waals surface area contributed by atoms with Gasteiger partial charge in [-0.2, -0.15) is 0 Å². The second-order valence-corrected chi connectivity index (χ2v) is 5.21. The Morgan fingerprint density at radius 2 is 1.71 bits per heavy atom. The lowest BCUT2D eigenvalue weighted by molar-refractivity contribution is 0.391. The Kier molecular flexibility index (Phi) is 5.04. The summed E-state index contributed by atoms with van der Waals surface area (Å²) in [4.78, 5) is 0. The van der Waals surface area contributed by atoms with Crippen LogP contribution in [0.5, 0.6) is 11.5 Å². The fourth-order valence-corrected chi connectivity index (χ4v) is 2.58. The van der Waals surface area contributed by atoms with Crippen molar-refractivity contribution < 1.29 is 9.47 Å². The molecule has 0 amide bonds. The van der Waals surface area contributed by atoms with Gasteiger partial charge in [0.2, 0.25) is 0 Å². The van der Waals surface area contributed by atoms with Crippen LogP contribution in [0, 0.1) is 0 Å². The van der Waals surface area contributed by atoms with Gasteiger partial charge in [-0.3, -0.25) is 0 Å². The molecule has 0 saturated carbocycles. The summed E-state index contributed by atoms with van der Waals surface area (Å²) < 4.78 is 10.5. The molecule has 0 aliphatic heterocycles. The van der Waals surface area contributed by atoms with E-state index in [2.05, 4.69) is 5.32 Å². The number of halogens is 2. The van der Waals surface area contributed by atoms with E-state index in [1.54, 1.807) is 26.4 Å². The van der Waals surface area contributed by atoms with Gasteiger partial charge in [0.25, 0.3) is 0 Å². The van der Waals surface area contributed by atoms with Crippen molar-refractivity contribution in [1.29, 1.82) is 0 Å². The molecule has 0 aromatic heterocycles. The van der Waals surface area contributed by atoms with Crippen molar-refractivity contribution in [3.05, 3.63) is 45.9 Å². The summed E-state index contributed by atoms with van der Waals surface area (Å²) in [6.45, 7) is 0.510. The van der Waals surface area contributed by atoms with Gasteiger partial charge in [-0.1, -0.05) is 23.2 Å². The Hall–Kier alpha value is -1.78. The summed E-state index contributed by atoms with van der Waals surface area (Å²) in [7, 11) is 3.22. The molecule has 112 valence electrons. The average Bonchev–Trinajstić information content (AvgIpc) is 2.46. The van der Waals surface area contributed by atoms with Crippen LogP contribution in [0.4, 0.5) is 11.4 Å². The minimum absolute atomic E-state index is 0.479. The molecule has 3 N–H and O–H groups in total. The number of hydrogen-bond acceptors (Lipinski definition) is 4.